The Morgan fingerprint density at radius 2 is 0.462 bits per heavy atom. The van der Waals surface area contributed by atoms with E-state index in [0.29, 0.717) is 0 Å². The van der Waals surface area contributed by atoms with Crippen molar-refractivity contribution >= 4 is 69.6 Å². The molecule has 1 saturated carbocycles. The second kappa shape index (κ2) is 5.67. The van der Waals surface area contributed by atoms with E-state index in [2.05, 4.69) is 0 Å². The van der Waals surface area contributed by atoms with E-state index in [-0.39, 0.29) is 4.70 Å². The SMILES string of the molecule is Cl[C@H]1[C@H](Cl)[C@@H](Cl)[C@@H](Cl)[C@H](Cl)[C@H]1Cl.F. The molecule has 1 fully saturated rings. The maximum absolute atomic E-state index is 5.88. The van der Waals surface area contributed by atoms with E-state index >= 15 is 0 Å². The molecule has 1 rings (SSSR count). The van der Waals surface area contributed by atoms with E-state index in [1.807, 2.05) is 0 Å². The van der Waals surface area contributed by atoms with Crippen LogP contribution in [0.5, 0.6) is 0 Å². The fourth-order valence-corrected chi connectivity index (χ4v) is 3.38. The predicted molar refractivity (Wildman–Crippen MR) is 60.3 cm³/mol. The van der Waals surface area contributed by atoms with Crippen molar-refractivity contribution in [3.63, 3.8) is 0 Å². The van der Waals surface area contributed by atoms with Crippen LogP contribution in [0.2, 0.25) is 0 Å². The van der Waals surface area contributed by atoms with Crippen LogP contribution in [0.1, 0.15) is 0 Å². The van der Waals surface area contributed by atoms with Crippen LogP contribution < -0.4 is 0 Å². The van der Waals surface area contributed by atoms with Crippen LogP contribution in [0.4, 0.5) is 4.70 Å². The van der Waals surface area contributed by atoms with Gasteiger partial charge < -0.3 is 0 Å². The second-order valence-electron chi connectivity index (χ2n) is 2.67. The predicted octanol–water partition coefficient (Wildman–Crippen LogP) is 3.80. The number of alkyl halides is 6. The van der Waals surface area contributed by atoms with Crippen molar-refractivity contribution in [2.75, 3.05) is 0 Å². The molecule has 0 N–H and O–H groups in total. The molecule has 0 aromatic carbocycles. The van der Waals surface area contributed by atoms with Gasteiger partial charge in [-0.25, -0.2) is 0 Å². The molecular formula is C6H7Cl6F. The molecule has 0 aliphatic heterocycles. The molecule has 1 aliphatic carbocycles. The normalized spacial score (nSPS) is 51.2. The summed E-state index contributed by atoms with van der Waals surface area (Å²) in [7, 11) is 0. The van der Waals surface area contributed by atoms with Gasteiger partial charge in [0.2, 0.25) is 0 Å². The van der Waals surface area contributed by atoms with Gasteiger partial charge in [0, 0.05) is 0 Å². The summed E-state index contributed by atoms with van der Waals surface area (Å²) in [5.74, 6) is 0. The molecule has 0 heterocycles. The van der Waals surface area contributed by atoms with Crippen molar-refractivity contribution in [1.82, 2.24) is 0 Å². The minimum atomic E-state index is -0.437. The molecule has 0 bridgehead atoms. The molecule has 0 saturated heterocycles. The molecule has 0 unspecified atom stereocenters. The lowest BCUT2D eigenvalue weighted by molar-refractivity contribution is 0.544. The smallest absolute Gasteiger partial charge is 0.0693 e. The van der Waals surface area contributed by atoms with Gasteiger partial charge in [0.25, 0.3) is 0 Å². The van der Waals surface area contributed by atoms with Crippen molar-refractivity contribution in [1.29, 1.82) is 0 Å². The number of halogens is 7. The molecule has 0 atom stereocenters. The Morgan fingerprint density at radius 1 is 0.385 bits per heavy atom. The second-order valence-corrected chi connectivity index (χ2v) is 5.69. The molecular weight excluding hydrogens is 304 g/mol. The highest BCUT2D eigenvalue weighted by Crippen LogP contribution is 2.39. The first-order valence-corrected chi connectivity index (χ1v) is 5.93. The van der Waals surface area contributed by atoms with E-state index in [1.165, 1.54) is 0 Å². The average molecular weight is 311 g/mol. The Kier molecular flexibility index (Phi) is 6.40. The average Bonchev–Trinajstić information content (AvgIpc) is 2.08. The molecule has 0 amide bonds. The summed E-state index contributed by atoms with van der Waals surface area (Å²) in [6, 6.07) is 0. The van der Waals surface area contributed by atoms with Gasteiger partial charge in [0.1, 0.15) is 0 Å². The Balaban J connectivity index is 0.00000144. The summed E-state index contributed by atoms with van der Waals surface area (Å²) in [6.45, 7) is 0. The Morgan fingerprint density at radius 3 is 0.538 bits per heavy atom. The van der Waals surface area contributed by atoms with Gasteiger partial charge in [-0.15, -0.1) is 69.6 Å². The summed E-state index contributed by atoms with van der Waals surface area (Å²) in [4.78, 5) is 0. The molecule has 0 aromatic heterocycles. The van der Waals surface area contributed by atoms with Crippen LogP contribution in [0, 0.1) is 0 Å². The summed E-state index contributed by atoms with van der Waals surface area (Å²) in [6.07, 6.45) is 0. The minimum Gasteiger partial charge on any atom is -0.269 e. The first-order chi connectivity index (χ1) is 5.46. The zero-order valence-electron chi connectivity index (χ0n) is 6.14. The highest BCUT2D eigenvalue weighted by Gasteiger charge is 2.46. The number of rotatable bonds is 0. The van der Waals surface area contributed by atoms with Crippen LogP contribution >= 0.6 is 69.6 Å². The van der Waals surface area contributed by atoms with Crippen molar-refractivity contribution in [2.24, 2.45) is 0 Å². The monoisotopic (exact) mass is 308 g/mol. The van der Waals surface area contributed by atoms with Crippen molar-refractivity contribution in [3.05, 3.63) is 0 Å². The zero-order chi connectivity index (χ0) is 9.46. The maximum Gasteiger partial charge on any atom is 0.0693 e. The summed E-state index contributed by atoms with van der Waals surface area (Å²) in [5, 5.41) is -2.62. The lowest BCUT2D eigenvalue weighted by Crippen LogP contribution is -2.52. The maximum atomic E-state index is 5.88. The van der Waals surface area contributed by atoms with Gasteiger partial charge in [0.05, 0.1) is 32.3 Å². The minimum absolute atomic E-state index is 0. The fourth-order valence-electron chi connectivity index (χ4n) is 1.05. The topological polar surface area (TPSA) is 0 Å². The number of hydrogen-bond acceptors (Lipinski definition) is 0. The van der Waals surface area contributed by atoms with Crippen LogP contribution in [-0.2, 0) is 0 Å². The van der Waals surface area contributed by atoms with E-state index in [0.717, 1.165) is 0 Å². The largest absolute Gasteiger partial charge is 0.269 e. The van der Waals surface area contributed by atoms with Gasteiger partial charge in [-0.05, 0) is 0 Å². The molecule has 0 radical (unpaired) electrons. The zero-order valence-corrected chi connectivity index (χ0v) is 10.7. The van der Waals surface area contributed by atoms with E-state index < -0.39 is 32.3 Å². The standard InChI is InChI=1S/C6H6Cl6.FH/c7-1-2(8)4(10)6(12)5(11)3(1)9;/h1-6H;1H/t1-,2-,3-,4+,5+,6+;. The molecule has 0 nitrogen and oxygen atoms in total. The van der Waals surface area contributed by atoms with Crippen LogP contribution in [0.3, 0.4) is 0 Å². The van der Waals surface area contributed by atoms with Crippen LogP contribution in [0.25, 0.3) is 0 Å². The highest BCUT2D eigenvalue weighted by atomic mass is 35.5. The van der Waals surface area contributed by atoms with Gasteiger partial charge in [-0.1, -0.05) is 0 Å². The Bertz CT molecular complexity index is 109. The first-order valence-electron chi connectivity index (χ1n) is 3.31. The highest BCUT2D eigenvalue weighted by molar-refractivity contribution is 6.45. The first kappa shape index (κ1) is 14.7. The molecule has 13 heavy (non-hydrogen) atoms. The Labute approximate surface area is 106 Å². The summed E-state index contributed by atoms with van der Waals surface area (Å²) >= 11 is 35.3. The van der Waals surface area contributed by atoms with Gasteiger partial charge in [0.15, 0.2) is 0 Å². The van der Waals surface area contributed by atoms with E-state index in [9.17, 15) is 0 Å². The van der Waals surface area contributed by atoms with Gasteiger partial charge >= 0.3 is 0 Å². The van der Waals surface area contributed by atoms with Crippen LogP contribution in [0.15, 0.2) is 0 Å². The molecule has 0 aromatic rings. The third-order valence-electron chi connectivity index (χ3n) is 1.83. The molecule has 7 heteroatoms. The third-order valence-corrected chi connectivity index (χ3v) is 5.86. The Hall–Kier alpha value is 1.67. The van der Waals surface area contributed by atoms with Crippen LogP contribution in [-0.4, -0.2) is 32.3 Å². The lowest BCUT2D eigenvalue weighted by atomic mass is 9.97. The van der Waals surface area contributed by atoms with Gasteiger partial charge in [-0.3, -0.25) is 4.70 Å². The van der Waals surface area contributed by atoms with E-state index in [1.54, 1.807) is 0 Å². The quantitative estimate of drug-likeness (QED) is 0.597. The van der Waals surface area contributed by atoms with Crippen molar-refractivity contribution in [2.45, 2.75) is 32.3 Å². The molecule has 0 spiro atoms. The summed E-state index contributed by atoms with van der Waals surface area (Å²) < 4.78 is 0. The fraction of sp³-hybridized carbons (Fsp3) is 1.00. The van der Waals surface area contributed by atoms with Crippen molar-refractivity contribution < 1.29 is 4.70 Å². The third kappa shape index (κ3) is 2.83. The summed E-state index contributed by atoms with van der Waals surface area (Å²) in [5.41, 5.74) is 0. The number of hydrogen-bond donors (Lipinski definition) is 0. The van der Waals surface area contributed by atoms with Crippen molar-refractivity contribution in [3.8, 4) is 0 Å². The molecule has 1 aliphatic rings. The van der Waals surface area contributed by atoms with Gasteiger partial charge in [-0.2, -0.15) is 0 Å². The lowest BCUT2D eigenvalue weighted by Gasteiger charge is -2.37. The molecule has 80 valence electrons. The van der Waals surface area contributed by atoms with E-state index in [4.69, 9.17) is 69.6 Å².